The molecule has 0 aliphatic heterocycles. The molecular weight excluding hydrogens is 308 g/mol. The quantitative estimate of drug-likeness (QED) is 0.579. The summed E-state index contributed by atoms with van der Waals surface area (Å²) < 4.78 is 2.80. The zero-order valence-electron chi connectivity index (χ0n) is 13.1. The standard InChI is InChI=1S/C16H14N6O2/c1-9-5-3-4-6-12(9)22-15(24)14-10(2)21(16-17-8-18-19-16)13(23)7-11(14)20-22/h3-8,20H,1-2H3,(H,17,18,19). The number of aromatic amines is 2. The van der Waals surface area contributed by atoms with E-state index in [0.717, 1.165) is 11.3 Å². The van der Waals surface area contributed by atoms with Crippen LogP contribution in [-0.4, -0.2) is 29.5 Å². The summed E-state index contributed by atoms with van der Waals surface area (Å²) in [4.78, 5) is 29.3. The Hall–Kier alpha value is -3.42. The monoisotopic (exact) mass is 322 g/mol. The third-order valence-corrected chi connectivity index (χ3v) is 4.07. The molecule has 0 radical (unpaired) electrons. The van der Waals surface area contributed by atoms with E-state index in [0.29, 0.717) is 16.6 Å². The van der Waals surface area contributed by atoms with Crippen LogP contribution in [-0.2, 0) is 0 Å². The third kappa shape index (κ3) is 1.93. The summed E-state index contributed by atoms with van der Waals surface area (Å²) in [6.07, 6.45) is 1.31. The Morgan fingerprint density at radius 3 is 2.62 bits per heavy atom. The minimum atomic E-state index is -0.296. The van der Waals surface area contributed by atoms with Crippen LogP contribution >= 0.6 is 0 Å². The first-order valence-corrected chi connectivity index (χ1v) is 7.37. The number of aryl methyl sites for hydroxylation is 2. The summed E-state index contributed by atoms with van der Waals surface area (Å²) in [5.74, 6) is 0.280. The van der Waals surface area contributed by atoms with Gasteiger partial charge in [0.1, 0.15) is 6.33 Å². The van der Waals surface area contributed by atoms with Crippen LogP contribution in [0.1, 0.15) is 11.3 Å². The predicted octanol–water partition coefficient (Wildman–Crippen LogP) is 1.20. The van der Waals surface area contributed by atoms with Gasteiger partial charge in [-0.3, -0.25) is 14.7 Å². The van der Waals surface area contributed by atoms with Gasteiger partial charge in [-0.15, -0.1) is 0 Å². The summed E-state index contributed by atoms with van der Waals surface area (Å²) in [5, 5.41) is 9.87. The van der Waals surface area contributed by atoms with Crippen LogP contribution in [0.5, 0.6) is 0 Å². The number of nitrogens with zero attached hydrogens (tertiary/aromatic N) is 4. The minimum Gasteiger partial charge on any atom is -0.290 e. The van der Waals surface area contributed by atoms with Gasteiger partial charge in [0, 0.05) is 11.8 Å². The molecule has 4 rings (SSSR count). The van der Waals surface area contributed by atoms with E-state index in [1.54, 1.807) is 6.92 Å². The molecule has 3 aromatic heterocycles. The molecule has 0 fully saturated rings. The summed E-state index contributed by atoms with van der Waals surface area (Å²) in [6, 6.07) is 8.94. The highest BCUT2D eigenvalue weighted by atomic mass is 16.1. The highest BCUT2D eigenvalue weighted by molar-refractivity contribution is 5.81. The molecule has 0 aliphatic carbocycles. The van der Waals surface area contributed by atoms with E-state index >= 15 is 0 Å². The predicted molar refractivity (Wildman–Crippen MR) is 88.9 cm³/mol. The van der Waals surface area contributed by atoms with Crippen LogP contribution < -0.4 is 11.1 Å². The van der Waals surface area contributed by atoms with Crippen molar-refractivity contribution in [1.29, 1.82) is 0 Å². The van der Waals surface area contributed by atoms with Crippen molar-refractivity contribution in [3.05, 3.63) is 68.6 Å². The SMILES string of the molecule is Cc1ccccc1-n1[nH]c2cc(=O)n(-c3ncn[nH]3)c(C)c2c1=O. The van der Waals surface area contributed by atoms with Gasteiger partial charge in [0.25, 0.3) is 11.1 Å². The van der Waals surface area contributed by atoms with Crippen molar-refractivity contribution < 1.29 is 0 Å². The molecule has 0 unspecified atom stereocenters. The Morgan fingerprint density at radius 2 is 1.92 bits per heavy atom. The van der Waals surface area contributed by atoms with Gasteiger partial charge in [0.15, 0.2) is 0 Å². The topological polar surface area (TPSA) is 101 Å². The van der Waals surface area contributed by atoms with Gasteiger partial charge in [0.2, 0.25) is 5.95 Å². The Morgan fingerprint density at radius 1 is 1.12 bits per heavy atom. The van der Waals surface area contributed by atoms with Gasteiger partial charge >= 0.3 is 0 Å². The number of hydrogen-bond acceptors (Lipinski definition) is 4. The second kappa shape index (κ2) is 5.05. The van der Waals surface area contributed by atoms with Crippen LogP contribution in [0.3, 0.4) is 0 Å². The van der Waals surface area contributed by atoms with Crippen molar-refractivity contribution in [2.75, 3.05) is 0 Å². The number of pyridine rings is 1. The maximum absolute atomic E-state index is 12.9. The average Bonchev–Trinajstić information content (AvgIpc) is 3.16. The van der Waals surface area contributed by atoms with Gasteiger partial charge in [-0.05, 0) is 25.5 Å². The largest absolute Gasteiger partial charge is 0.290 e. The lowest BCUT2D eigenvalue weighted by Gasteiger charge is -2.05. The molecule has 0 saturated heterocycles. The van der Waals surface area contributed by atoms with Crippen LogP contribution in [0, 0.1) is 13.8 Å². The van der Waals surface area contributed by atoms with E-state index in [1.807, 2.05) is 31.2 Å². The molecular formula is C16H14N6O2. The maximum Gasteiger partial charge on any atom is 0.280 e. The minimum absolute atomic E-state index is 0.218. The van der Waals surface area contributed by atoms with Crippen molar-refractivity contribution in [3.63, 3.8) is 0 Å². The molecule has 120 valence electrons. The maximum atomic E-state index is 12.9. The fraction of sp³-hybridized carbons (Fsp3) is 0.125. The van der Waals surface area contributed by atoms with E-state index in [1.165, 1.54) is 21.6 Å². The van der Waals surface area contributed by atoms with E-state index in [2.05, 4.69) is 20.3 Å². The Balaban J connectivity index is 2.08. The number of fused-ring (bicyclic) bond motifs is 1. The lowest BCUT2D eigenvalue weighted by atomic mass is 10.2. The van der Waals surface area contributed by atoms with Gasteiger partial charge in [-0.2, -0.15) is 10.1 Å². The first kappa shape index (κ1) is 14.2. The van der Waals surface area contributed by atoms with Crippen LogP contribution in [0.15, 0.2) is 46.2 Å². The summed E-state index contributed by atoms with van der Waals surface area (Å²) in [5.41, 5.74) is 2.18. The van der Waals surface area contributed by atoms with Gasteiger partial charge in [-0.1, -0.05) is 18.2 Å². The second-order valence-electron chi connectivity index (χ2n) is 5.54. The number of para-hydroxylation sites is 1. The zero-order chi connectivity index (χ0) is 16.8. The second-order valence-corrected chi connectivity index (χ2v) is 5.54. The number of benzene rings is 1. The van der Waals surface area contributed by atoms with Gasteiger partial charge in [-0.25, -0.2) is 14.3 Å². The average molecular weight is 322 g/mol. The molecule has 8 heteroatoms. The summed E-state index contributed by atoms with van der Waals surface area (Å²) in [6.45, 7) is 3.64. The molecule has 8 nitrogen and oxygen atoms in total. The van der Waals surface area contributed by atoms with E-state index in [-0.39, 0.29) is 17.1 Å². The van der Waals surface area contributed by atoms with Crippen molar-refractivity contribution in [2.45, 2.75) is 13.8 Å². The smallest absolute Gasteiger partial charge is 0.280 e. The number of rotatable bonds is 2. The highest BCUT2D eigenvalue weighted by Gasteiger charge is 2.17. The Kier molecular flexibility index (Phi) is 2.99. The number of hydrogen-bond donors (Lipinski definition) is 2. The molecule has 3 heterocycles. The van der Waals surface area contributed by atoms with Crippen molar-refractivity contribution >= 4 is 10.9 Å². The van der Waals surface area contributed by atoms with Crippen molar-refractivity contribution in [2.24, 2.45) is 0 Å². The van der Waals surface area contributed by atoms with Gasteiger partial charge in [0.05, 0.1) is 16.6 Å². The van der Waals surface area contributed by atoms with E-state index < -0.39 is 0 Å². The zero-order valence-corrected chi connectivity index (χ0v) is 13.1. The van der Waals surface area contributed by atoms with Crippen LogP contribution in [0.4, 0.5) is 0 Å². The number of aromatic nitrogens is 6. The van der Waals surface area contributed by atoms with Crippen molar-refractivity contribution in [1.82, 2.24) is 29.5 Å². The van der Waals surface area contributed by atoms with Crippen LogP contribution in [0.25, 0.3) is 22.5 Å². The third-order valence-electron chi connectivity index (χ3n) is 4.07. The van der Waals surface area contributed by atoms with Crippen LogP contribution in [0.2, 0.25) is 0 Å². The molecule has 24 heavy (non-hydrogen) atoms. The van der Waals surface area contributed by atoms with Gasteiger partial charge < -0.3 is 0 Å². The Labute approximate surface area is 135 Å². The molecule has 2 N–H and O–H groups in total. The lowest BCUT2D eigenvalue weighted by molar-refractivity contribution is 0.856. The molecule has 0 aliphatic rings. The first-order chi connectivity index (χ1) is 11.6. The highest BCUT2D eigenvalue weighted by Crippen LogP contribution is 2.16. The molecule has 0 amide bonds. The molecule has 1 aromatic carbocycles. The molecule has 0 bridgehead atoms. The molecule has 4 aromatic rings. The van der Waals surface area contributed by atoms with E-state index in [9.17, 15) is 9.59 Å². The Bertz CT molecular complexity index is 1160. The number of nitrogens with one attached hydrogen (secondary N) is 2. The fourth-order valence-corrected chi connectivity index (χ4v) is 2.93. The first-order valence-electron chi connectivity index (χ1n) is 7.37. The number of H-pyrrole nitrogens is 2. The van der Waals surface area contributed by atoms with E-state index in [4.69, 9.17) is 0 Å². The molecule has 0 spiro atoms. The molecule has 0 atom stereocenters. The normalized spacial score (nSPS) is 11.2. The fourth-order valence-electron chi connectivity index (χ4n) is 2.93. The summed E-state index contributed by atoms with van der Waals surface area (Å²) >= 11 is 0. The lowest BCUT2D eigenvalue weighted by Crippen LogP contribution is -2.22. The summed E-state index contributed by atoms with van der Waals surface area (Å²) in [7, 11) is 0. The van der Waals surface area contributed by atoms with Crippen molar-refractivity contribution in [3.8, 4) is 11.6 Å². The molecule has 0 saturated carbocycles.